The SMILES string of the molecule is CCc1c(C#N)c(N=Nc2c(NCCCOC)nc(Nc3c(C)cc(C)cc3C)nc2NCCOC)nn1-c1nc2cc(S(=O)(=O)N(CC(=O)O)CC(=O)O)ccc2s1. The van der Waals surface area contributed by atoms with E-state index in [0.29, 0.717) is 71.4 Å². The second-order valence-electron chi connectivity index (χ2n) is 13.1. The van der Waals surface area contributed by atoms with Gasteiger partial charge in [-0.25, -0.2) is 18.1 Å². The lowest BCUT2D eigenvalue weighted by Crippen LogP contribution is -2.39. The third-order valence-corrected chi connectivity index (χ3v) is 11.5. The van der Waals surface area contributed by atoms with Crippen molar-refractivity contribution in [2.75, 3.05) is 69.6 Å². The van der Waals surface area contributed by atoms with Crippen molar-refractivity contribution in [2.45, 2.75) is 45.4 Å². The maximum Gasteiger partial charge on any atom is 0.318 e. The lowest BCUT2D eigenvalue weighted by Gasteiger charge is -2.18. The maximum absolute atomic E-state index is 13.3. The molecule has 0 aliphatic rings. The van der Waals surface area contributed by atoms with E-state index in [4.69, 9.17) is 19.4 Å². The smallest absolute Gasteiger partial charge is 0.318 e. The van der Waals surface area contributed by atoms with Crippen LogP contribution in [-0.2, 0) is 35.5 Å². The molecule has 0 amide bonds. The summed E-state index contributed by atoms with van der Waals surface area (Å²) in [6.45, 7) is 7.46. The van der Waals surface area contributed by atoms with Crippen LogP contribution in [0.1, 0.15) is 41.3 Å². The number of ether oxygens (including phenoxy) is 2. The number of nitrogens with one attached hydrogen (secondary N) is 3. The van der Waals surface area contributed by atoms with Gasteiger partial charge in [0, 0.05) is 39.6 Å². The van der Waals surface area contributed by atoms with E-state index >= 15 is 0 Å². The van der Waals surface area contributed by atoms with Crippen LogP contribution in [0, 0.1) is 32.1 Å². The molecule has 59 heavy (non-hydrogen) atoms. The van der Waals surface area contributed by atoms with Crippen molar-refractivity contribution < 1.29 is 37.7 Å². The fraction of sp³-hybridized carbons (Fsp3) is 0.378. The van der Waals surface area contributed by atoms with Crippen molar-refractivity contribution in [3.05, 3.63) is 58.3 Å². The summed E-state index contributed by atoms with van der Waals surface area (Å²) in [6, 6.07) is 10.2. The molecule has 3 aromatic heterocycles. The highest BCUT2D eigenvalue weighted by Crippen LogP contribution is 2.37. The van der Waals surface area contributed by atoms with E-state index < -0.39 is 35.1 Å². The molecule has 0 bridgehead atoms. The van der Waals surface area contributed by atoms with E-state index in [2.05, 4.69) is 54.5 Å². The Kier molecular flexibility index (Phi) is 14.6. The summed E-state index contributed by atoms with van der Waals surface area (Å²) in [6.07, 6.45) is 0.988. The quantitative estimate of drug-likeness (QED) is 0.0453. The molecule has 2 aromatic carbocycles. The number of azo groups is 1. The van der Waals surface area contributed by atoms with Gasteiger partial charge in [-0.15, -0.1) is 15.3 Å². The van der Waals surface area contributed by atoms with Crippen molar-refractivity contribution in [1.29, 1.82) is 5.26 Å². The third kappa shape index (κ3) is 10.5. The number of nitriles is 1. The number of methoxy groups -OCH3 is 2. The molecule has 0 aliphatic carbocycles. The summed E-state index contributed by atoms with van der Waals surface area (Å²) in [5.41, 5.74) is 5.06. The molecule has 0 fully saturated rings. The third-order valence-electron chi connectivity index (χ3n) is 8.66. The first-order chi connectivity index (χ1) is 28.2. The Labute approximate surface area is 344 Å². The van der Waals surface area contributed by atoms with Gasteiger partial charge in [-0.2, -0.15) is 19.5 Å². The second kappa shape index (κ2) is 19.6. The Bertz CT molecular complexity index is 2490. The molecule has 0 radical (unpaired) electrons. The van der Waals surface area contributed by atoms with Crippen molar-refractivity contribution >= 4 is 78.3 Å². The number of aryl methyl sites for hydroxylation is 3. The summed E-state index contributed by atoms with van der Waals surface area (Å²) in [4.78, 5) is 36.5. The first kappa shape index (κ1) is 44.0. The monoisotopic (exact) mass is 848 g/mol. The fourth-order valence-corrected chi connectivity index (χ4v) is 8.35. The van der Waals surface area contributed by atoms with E-state index in [1.807, 2.05) is 27.7 Å². The number of fused-ring (bicyclic) bond motifs is 1. The molecule has 5 N–H and O–H groups in total. The number of nitrogens with zero attached hydrogens (tertiary/aromatic N) is 9. The molecule has 5 aromatic rings. The molecule has 0 aliphatic heterocycles. The molecule has 0 unspecified atom stereocenters. The number of carboxylic acid groups (broad SMARTS) is 2. The van der Waals surface area contributed by atoms with Gasteiger partial charge in [0.25, 0.3) is 0 Å². The zero-order valence-electron chi connectivity index (χ0n) is 33.2. The van der Waals surface area contributed by atoms with Crippen LogP contribution >= 0.6 is 11.3 Å². The van der Waals surface area contributed by atoms with Gasteiger partial charge in [-0.1, -0.05) is 36.0 Å². The van der Waals surface area contributed by atoms with Crippen molar-refractivity contribution in [3.8, 4) is 11.2 Å². The molecule has 0 spiro atoms. The van der Waals surface area contributed by atoms with Crippen LogP contribution in [0.15, 0.2) is 45.5 Å². The minimum atomic E-state index is -4.53. The Hall–Kier alpha value is -6.12. The normalized spacial score (nSPS) is 11.7. The Morgan fingerprint density at radius 1 is 0.949 bits per heavy atom. The van der Waals surface area contributed by atoms with Crippen molar-refractivity contribution in [3.63, 3.8) is 0 Å². The number of benzene rings is 2. The molecule has 3 heterocycles. The van der Waals surface area contributed by atoms with Gasteiger partial charge in [0.05, 0.1) is 27.4 Å². The van der Waals surface area contributed by atoms with Gasteiger partial charge in [0.2, 0.25) is 26.9 Å². The highest BCUT2D eigenvalue weighted by molar-refractivity contribution is 7.89. The number of aliphatic carboxylic acids is 2. The molecule has 22 heteroatoms. The topological polar surface area (TPSA) is 272 Å². The number of sulfonamides is 1. The van der Waals surface area contributed by atoms with E-state index in [9.17, 15) is 33.5 Å². The highest BCUT2D eigenvalue weighted by atomic mass is 32.2. The van der Waals surface area contributed by atoms with Crippen LogP contribution in [0.2, 0.25) is 0 Å². The summed E-state index contributed by atoms with van der Waals surface area (Å²) >= 11 is 1.15. The van der Waals surface area contributed by atoms with E-state index in [0.717, 1.165) is 33.7 Å². The van der Waals surface area contributed by atoms with Crippen molar-refractivity contribution in [1.82, 2.24) is 29.0 Å². The number of rotatable bonds is 21. The number of carbonyl (C=O) groups is 2. The maximum atomic E-state index is 13.3. The second-order valence-corrected chi connectivity index (χ2v) is 16.0. The van der Waals surface area contributed by atoms with Crippen LogP contribution in [0.3, 0.4) is 0 Å². The van der Waals surface area contributed by atoms with Gasteiger partial charge < -0.3 is 35.6 Å². The van der Waals surface area contributed by atoms with Crippen LogP contribution in [-0.4, -0.2) is 113 Å². The largest absolute Gasteiger partial charge is 0.480 e. The Morgan fingerprint density at radius 2 is 1.59 bits per heavy atom. The number of anilines is 4. The van der Waals surface area contributed by atoms with E-state index in [1.165, 1.54) is 22.9 Å². The number of thiazole rings is 1. The average molecular weight is 849 g/mol. The van der Waals surface area contributed by atoms with E-state index in [1.54, 1.807) is 14.2 Å². The number of hydrogen-bond acceptors (Lipinski definition) is 17. The van der Waals surface area contributed by atoms with Gasteiger partial charge >= 0.3 is 11.9 Å². The molecule has 20 nitrogen and oxygen atoms in total. The number of hydrogen-bond donors (Lipinski definition) is 5. The predicted octanol–water partition coefficient (Wildman–Crippen LogP) is 5.46. The highest BCUT2D eigenvalue weighted by Gasteiger charge is 2.30. The summed E-state index contributed by atoms with van der Waals surface area (Å²) < 4.78 is 39.5. The minimum Gasteiger partial charge on any atom is -0.480 e. The molecule has 5 rings (SSSR count). The molecule has 0 saturated heterocycles. The zero-order chi connectivity index (χ0) is 42.9. The van der Waals surface area contributed by atoms with Crippen LogP contribution < -0.4 is 16.0 Å². The Morgan fingerprint density at radius 3 is 2.19 bits per heavy atom. The van der Waals surface area contributed by atoms with Gasteiger partial charge in [0.1, 0.15) is 24.7 Å². The molecule has 0 atom stereocenters. The zero-order valence-corrected chi connectivity index (χ0v) is 34.9. The number of aromatic nitrogens is 5. The van der Waals surface area contributed by atoms with Crippen LogP contribution in [0.4, 0.5) is 34.8 Å². The fourth-order valence-electron chi connectivity index (χ4n) is 6.07. The Balaban J connectivity index is 1.57. The lowest BCUT2D eigenvalue weighted by molar-refractivity contribution is -0.139. The van der Waals surface area contributed by atoms with Crippen LogP contribution in [0.5, 0.6) is 0 Å². The van der Waals surface area contributed by atoms with Crippen LogP contribution in [0.25, 0.3) is 15.3 Å². The van der Waals surface area contributed by atoms with Crippen molar-refractivity contribution in [2.24, 2.45) is 10.2 Å². The first-order valence-corrected chi connectivity index (χ1v) is 20.5. The number of carboxylic acids is 2. The molecule has 312 valence electrons. The summed E-state index contributed by atoms with van der Waals surface area (Å²) in [5, 5.41) is 52.6. The minimum absolute atomic E-state index is 0.0221. The molecule has 0 saturated carbocycles. The van der Waals surface area contributed by atoms with Gasteiger partial charge in [0.15, 0.2) is 17.3 Å². The van der Waals surface area contributed by atoms with E-state index in [-0.39, 0.29) is 32.6 Å². The standard InChI is InChI=1S/C37H44N12O8S2/c1-7-27-25(18-38)33(47-49(27)37-41-26-17-24(9-10-28(26)58-37)59(54,55)48(19-29(50)51)20-30(52)53)46-45-32-34(39-11-8-13-56-5)43-36(44-35(32)40-12-14-57-6)42-31-22(3)15-21(2)16-23(31)4/h9-10,15-17H,7-8,11-14,19-20H2,1-6H3,(H,50,51)(H,52,53)(H3,39,40,42,43,44). The summed E-state index contributed by atoms with van der Waals surface area (Å²) in [7, 11) is -1.34. The lowest BCUT2D eigenvalue weighted by atomic mass is 10.1. The molecular weight excluding hydrogens is 805 g/mol. The van der Waals surface area contributed by atoms with Gasteiger partial charge in [-0.05, 0) is 62.9 Å². The van der Waals surface area contributed by atoms with Gasteiger partial charge in [-0.3, -0.25) is 9.59 Å². The summed E-state index contributed by atoms with van der Waals surface area (Å²) in [5.74, 6) is -2.08. The molecular formula is C37H44N12O8S2. The average Bonchev–Trinajstić information content (AvgIpc) is 3.77. The predicted molar refractivity (Wildman–Crippen MR) is 220 cm³/mol. The first-order valence-electron chi connectivity index (χ1n) is 18.2.